The minimum atomic E-state index is -1.17. The first-order chi connectivity index (χ1) is 13.4. The normalized spacial score (nSPS) is 13.0. The highest BCUT2D eigenvalue weighted by atomic mass is 32.1. The van der Waals surface area contributed by atoms with Crippen LogP contribution in [0, 0.1) is 6.92 Å². The predicted octanol–water partition coefficient (Wildman–Crippen LogP) is 3.72. The van der Waals surface area contributed by atoms with Crippen molar-refractivity contribution in [2.24, 2.45) is 0 Å². The summed E-state index contributed by atoms with van der Waals surface area (Å²) in [6.07, 6.45) is 3.77. The highest BCUT2D eigenvalue weighted by Crippen LogP contribution is 2.41. The van der Waals surface area contributed by atoms with Crippen LogP contribution in [0.4, 0.5) is 10.8 Å². The second-order valence-corrected chi connectivity index (χ2v) is 7.83. The monoisotopic (exact) mass is 403 g/mol. The zero-order valence-electron chi connectivity index (χ0n) is 16.6. The van der Waals surface area contributed by atoms with Crippen LogP contribution in [-0.2, 0) is 19.7 Å². The van der Waals surface area contributed by atoms with Crippen LogP contribution in [0.2, 0.25) is 0 Å². The van der Waals surface area contributed by atoms with Gasteiger partial charge in [0.05, 0.1) is 6.61 Å². The van der Waals surface area contributed by atoms with Crippen molar-refractivity contribution in [3.8, 4) is 0 Å². The van der Waals surface area contributed by atoms with Crippen molar-refractivity contribution in [2.45, 2.75) is 58.3 Å². The molecule has 0 saturated carbocycles. The average Bonchev–Trinajstić information content (AvgIpc) is 3.13. The first-order valence-electron chi connectivity index (χ1n) is 9.58. The number of ether oxygens (including phenoxy) is 1. The van der Waals surface area contributed by atoms with Crippen LogP contribution < -0.4 is 10.4 Å². The quantitative estimate of drug-likeness (QED) is 0.575. The van der Waals surface area contributed by atoms with E-state index in [1.807, 2.05) is 38.1 Å². The standard InChI is InChI=1S/C21H28N2O4S/c1-4-6-12-21(13-11-18(24)25,19(26)27-5-2)17-14-22-20(28-17)23-16-9-7-15(3)8-10-16/h7-10,14H,4-6,11-13H2,1-3H3,(H,22,23)(H,24,25)/p-1/t21-/m0/s1. The number of unbranched alkanes of at least 4 members (excludes halogenated alkanes) is 1. The predicted molar refractivity (Wildman–Crippen MR) is 109 cm³/mol. The Kier molecular flexibility index (Phi) is 7.99. The third-order valence-corrected chi connectivity index (χ3v) is 5.78. The summed E-state index contributed by atoms with van der Waals surface area (Å²) in [7, 11) is 0. The van der Waals surface area contributed by atoms with Crippen molar-refractivity contribution in [3.63, 3.8) is 0 Å². The number of anilines is 2. The molecule has 0 fully saturated rings. The maximum atomic E-state index is 12.9. The second kappa shape index (κ2) is 10.2. The van der Waals surface area contributed by atoms with E-state index in [0.29, 0.717) is 11.6 Å². The van der Waals surface area contributed by atoms with Crippen molar-refractivity contribution < 1.29 is 19.4 Å². The molecule has 0 aliphatic heterocycles. The fraction of sp³-hybridized carbons (Fsp3) is 0.476. The molecule has 0 spiro atoms. The van der Waals surface area contributed by atoms with Gasteiger partial charge >= 0.3 is 5.97 Å². The number of hydrogen-bond donors (Lipinski definition) is 1. The molecule has 0 unspecified atom stereocenters. The molecule has 28 heavy (non-hydrogen) atoms. The van der Waals surface area contributed by atoms with Gasteiger partial charge in [-0.3, -0.25) is 4.79 Å². The van der Waals surface area contributed by atoms with E-state index >= 15 is 0 Å². The van der Waals surface area contributed by atoms with Crippen LogP contribution in [0.25, 0.3) is 0 Å². The van der Waals surface area contributed by atoms with Gasteiger partial charge in [-0.25, -0.2) is 4.98 Å². The van der Waals surface area contributed by atoms with Crippen LogP contribution in [0.5, 0.6) is 0 Å². The minimum absolute atomic E-state index is 0.139. The molecule has 1 heterocycles. The Morgan fingerprint density at radius 2 is 1.93 bits per heavy atom. The van der Waals surface area contributed by atoms with Gasteiger partial charge in [-0.15, -0.1) is 11.3 Å². The summed E-state index contributed by atoms with van der Waals surface area (Å²) in [5, 5.41) is 15.0. The number of esters is 1. The SMILES string of the molecule is CCCC[C@@](CCC(=O)[O-])(C(=O)OCC)c1cnc(Nc2ccc(C)cc2)s1. The van der Waals surface area contributed by atoms with Gasteiger partial charge in [-0.05, 0) is 45.2 Å². The van der Waals surface area contributed by atoms with Crippen molar-refractivity contribution in [3.05, 3.63) is 40.9 Å². The van der Waals surface area contributed by atoms with Gasteiger partial charge < -0.3 is 20.0 Å². The summed E-state index contributed by atoms with van der Waals surface area (Å²) < 4.78 is 5.34. The molecule has 0 radical (unpaired) electrons. The molecule has 6 nitrogen and oxygen atoms in total. The molecular weight excluding hydrogens is 376 g/mol. The first kappa shape index (κ1) is 21.9. The molecule has 0 bridgehead atoms. The van der Waals surface area contributed by atoms with E-state index < -0.39 is 17.4 Å². The van der Waals surface area contributed by atoms with Crippen molar-refractivity contribution in [1.29, 1.82) is 0 Å². The molecule has 1 atom stereocenters. The number of aryl methyl sites for hydroxylation is 1. The summed E-state index contributed by atoms with van der Waals surface area (Å²) in [6, 6.07) is 7.92. The van der Waals surface area contributed by atoms with E-state index in [2.05, 4.69) is 10.3 Å². The van der Waals surface area contributed by atoms with E-state index in [9.17, 15) is 14.7 Å². The molecular formula is C21H27N2O4S-. The van der Waals surface area contributed by atoms with Crippen LogP contribution in [0.1, 0.15) is 56.4 Å². The fourth-order valence-corrected chi connectivity index (χ4v) is 4.12. The molecule has 0 saturated heterocycles. The summed E-state index contributed by atoms with van der Waals surface area (Å²) in [5.41, 5.74) is 1.04. The molecule has 1 aromatic carbocycles. The molecule has 1 aromatic heterocycles. The summed E-state index contributed by atoms with van der Waals surface area (Å²) in [6.45, 7) is 6.04. The Balaban J connectivity index is 2.34. The lowest BCUT2D eigenvalue weighted by Crippen LogP contribution is -2.39. The highest BCUT2D eigenvalue weighted by molar-refractivity contribution is 7.15. The van der Waals surface area contributed by atoms with E-state index in [1.54, 1.807) is 13.1 Å². The number of carboxylic acids is 1. The molecule has 7 heteroatoms. The number of hydrogen-bond acceptors (Lipinski definition) is 7. The average molecular weight is 404 g/mol. The van der Waals surface area contributed by atoms with Gasteiger partial charge in [0.25, 0.3) is 0 Å². The Labute approximate surface area is 170 Å². The van der Waals surface area contributed by atoms with Crippen molar-refractivity contribution in [2.75, 3.05) is 11.9 Å². The van der Waals surface area contributed by atoms with Crippen molar-refractivity contribution in [1.82, 2.24) is 4.98 Å². The molecule has 2 rings (SSSR count). The topological polar surface area (TPSA) is 91.3 Å². The number of benzene rings is 1. The van der Waals surface area contributed by atoms with Gasteiger partial charge in [0.2, 0.25) is 0 Å². The zero-order valence-corrected chi connectivity index (χ0v) is 17.4. The smallest absolute Gasteiger partial charge is 0.317 e. The van der Waals surface area contributed by atoms with Gasteiger partial charge in [-0.2, -0.15) is 0 Å². The van der Waals surface area contributed by atoms with Gasteiger partial charge in [-0.1, -0.05) is 37.5 Å². The van der Waals surface area contributed by atoms with Gasteiger partial charge in [0.15, 0.2) is 5.13 Å². The number of carbonyl (C=O) groups excluding carboxylic acids is 2. The minimum Gasteiger partial charge on any atom is -0.550 e. The number of aromatic nitrogens is 1. The number of carbonyl (C=O) groups is 2. The molecule has 0 aliphatic carbocycles. The lowest BCUT2D eigenvalue weighted by Gasteiger charge is -2.30. The van der Waals surface area contributed by atoms with E-state index in [0.717, 1.165) is 29.0 Å². The number of carboxylic acid groups (broad SMARTS) is 1. The maximum Gasteiger partial charge on any atom is 0.317 e. The second-order valence-electron chi connectivity index (χ2n) is 6.80. The van der Waals surface area contributed by atoms with E-state index in [4.69, 9.17) is 4.74 Å². The number of thiazole rings is 1. The number of nitrogens with one attached hydrogen (secondary N) is 1. The first-order valence-corrected chi connectivity index (χ1v) is 10.4. The number of nitrogens with zero attached hydrogens (tertiary/aromatic N) is 1. The van der Waals surface area contributed by atoms with Crippen LogP contribution in [0.15, 0.2) is 30.5 Å². The Morgan fingerprint density at radius 3 is 2.54 bits per heavy atom. The lowest BCUT2D eigenvalue weighted by molar-refractivity contribution is -0.306. The Hall–Kier alpha value is -2.41. The highest BCUT2D eigenvalue weighted by Gasteiger charge is 2.42. The largest absolute Gasteiger partial charge is 0.550 e. The Bertz CT molecular complexity index is 788. The van der Waals surface area contributed by atoms with Gasteiger partial charge in [0.1, 0.15) is 5.41 Å². The van der Waals surface area contributed by atoms with E-state index in [1.165, 1.54) is 11.3 Å². The third kappa shape index (κ3) is 5.55. The Morgan fingerprint density at radius 1 is 1.21 bits per heavy atom. The zero-order chi connectivity index (χ0) is 20.6. The summed E-state index contributed by atoms with van der Waals surface area (Å²) in [4.78, 5) is 29.2. The molecule has 0 amide bonds. The summed E-state index contributed by atoms with van der Waals surface area (Å²) >= 11 is 1.36. The molecule has 1 N–H and O–H groups in total. The summed E-state index contributed by atoms with van der Waals surface area (Å²) in [5.74, 6) is -1.57. The number of rotatable bonds is 11. The molecule has 2 aromatic rings. The van der Waals surface area contributed by atoms with Crippen LogP contribution in [-0.4, -0.2) is 23.5 Å². The number of aliphatic carboxylic acids is 1. The van der Waals surface area contributed by atoms with Crippen molar-refractivity contribution >= 4 is 34.1 Å². The molecule has 0 aliphatic rings. The lowest BCUT2D eigenvalue weighted by atomic mass is 9.77. The fourth-order valence-electron chi connectivity index (χ4n) is 3.05. The van der Waals surface area contributed by atoms with Crippen LogP contribution >= 0.6 is 11.3 Å². The van der Waals surface area contributed by atoms with Gasteiger partial charge in [0, 0.05) is 22.7 Å². The third-order valence-electron chi connectivity index (χ3n) is 4.66. The maximum absolute atomic E-state index is 12.9. The van der Waals surface area contributed by atoms with Crippen LogP contribution in [0.3, 0.4) is 0 Å². The molecule has 152 valence electrons. The van der Waals surface area contributed by atoms with E-state index in [-0.39, 0.29) is 19.4 Å².